The second kappa shape index (κ2) is 8.90. The fourth-order valence-electron chi connectivity index (χ4n) is 2.31. The van der Waals surface area contributed by atoms with Gasteiger partial charge in [-0.05, 0) is 12.8 Å². The molecule has 0 aromatic heterocycles. The zero-order valence-corrected chi connectivity index (χ0v) is 12.9. The highest BCUT2D eigenvalue weighted by molar-refractivity contribution is 5.82. The average Bonchev–Trinajstić information content (AvgIpc) is 2.85. The number of rotatable bonds is 2. The smallest absolute Gasteiger partial charge is 0.310 e. The van der Waals surface area contributed by atoms with Crippen molar-refractivity contribution in [2.24, 2.45) is 23.5 Å². The van der Waals surface area contributed by atoms with Crippen molar-refractivity contribution in [3.8, 4) is 0 Å². The maximum Gasteiger partial charge on any atom is 0.310 e. The highest BCUT2D eigenvalue weighted by Crippen LogP contribution is 2.43. The Morgan fingerprint density at radius 3 is 1.33 bits per heavy atom. The van der Waals surface area contributed by atoms with Crippen molar-refractivity contribution in [1.29, 1.82) is 0 Å². The molecule has 0 aromatic rings. The van der Waals surface area contributed by atoms with E-state index in [9.17, 15) is 9.59 Å². The SMILES string of the molecule is CN(C)N.CN(C)N.O=C(O)C1C2CCC(O2)C1C(=O)O. The molecule has 124 valence electrons. The number of hydrazine groups is 2. The van der Waals surface area contributed by atoms with Crippen LogP contribution in [0.5, 0.6) is 0 Å². The predicted molar refractivity (Wildman–Crippen MR) is 75.9 cm³/mol. The van der Waals surface area contributed by atoms with Crippen molar-refractivity contribution in [2.45, 2.75) is 25.0 Å². The van der Waals surface area contributed by atoms with Gasteiger partial charge in [0.2, 0.25) is 0 Å². The fourth-order valence-corrected chi connectivity index (χ4v) is 2.31. The number of fused-ring (bicyclic) bond motifs is 2. The molecule has 2 bridgehead atoms. The largest absolute Gasteiger partial charge is 0.481 e. The highest BCUT2D eigenvalue weighted by Gasteiger charge is 2.55. The molecule has 0 radical (unpaired) electrons. The molecule has 9 nitrogen and oxygen atoms in total. The van der Waals surface area contributed by atoms with Crippen LogP contribution in [0, 0.1) is 11.8 Å². The summed E-state index contributed by atoms with van der Waals surface area (Å²) in [6, 6.07) is 0. The Morgan fingerprint density at radius 2 is 1.14 bits per heavy atom. The molecule has 0 amide bonds. The van der Waals surface area contributed by atoms with E-state index in [2.05, 4.69) is 0 Å². The lowest BCUT2D eigenvalue weighted by atomic mass is 9.79. The van der Waals surface area contributed by atoms with Crippen LogP contribution < -0.4 is 11.7 Å². The topological polar surface area (TPSA) is 142 Å². The van der Waals surface area contributed by atoms with Crippen LogP contribution in [0.4, 0.5) is 0 Å². The molecule has 2 rings (SSSR count). The standard InChI is InChI=1S/C8H10O5.2C2H8N2/c9-7(10)5-3-1-2-4(13-3)6(5)8(11)12;2*1-4(2)3/h3-6H,1-2H2,(H,9,10)(H,11,12);2*3H2,1-2H3. The summed E-state index contributed by atoms with van der Waals surface area (Å²) in [5, 5.41) is 20.6. The summed E-state index contributed by atoms with van der Waals surface area (Å²) in [5.74, 6) is 6.08. The molecule has 4 unspecified atom stereocenters. The van der Waals surface area contributed by atoms with Crippen molar-refractivity contribution in [1.82, 2.24) is 10.0 Å². The van der Waals surface area contributed by atoms with Gasteiger partial charge in [-0.2, -0.15) is 0 Å². The summed E-state index contributed by atoms with van der Waals surface area (Å²) < 4.78 is 5.26. The van der Waals surface area contributed by atoms with E-state index in [-0.39, 0.29) is 12.2 Å². The Balaban J connectivity index is 0.000000421. The molecule has 9 heteroatoms. The van der Waals surface area contributed by atoms with Gasteiger partial charge in [0.25, 0.3) is 0 Å². The van der Waals surface area contributed by atoms with Crippen LogP contribution in [-0.2, 0) is 14.3 Å². The van der Waals surface area contributed by atoms with E-state index in [1.165, 1.54) is 10.0 Å². The van der Waals surface area contributed by atoms with Crippen LogP contribution in [0.3, 0.4) is 0 Å². The van der Waals surface area contributed by atoms with E-state index in [0.29, 0.717) is 12.8 Å². The van der Waals surface area contributed by atoms with Crippen LogP contribution in [0.2, 0.25) is 0 Å². The van der Waals surface area contributed by atoms with Crippen molar-refractivity contribution >= 4 is 11.9 Å². The fraction of sp³-hybridized carbons (Fsp3) is 0.833. The second-order valence-corrected chi connectivity index (χ2v) is 5.45. The third-order valence-corrected chi connectivity index (χ3v) is 2.84. The van der Waals surface area contributed by atoms with Gasteiger partial charge in [-0.1, -0.05) is 0 Å². The van der Waals surface area contributed by atoms with E-state index in [1.54, 1.807) is 28.2 Å². The second-order valence-electron chi connectivity index (χ2n) is 5.45. The van der Waals surface area contributed by atoms with Gasteiger partial charge in [0.05, 0.1) is 24.0 Å². The van der Waals surface area contributed by atoms with E-state index < -0.39 is 23.8 Å². The number of nitrogens with two attached hydrogens (primary N) is 2. The lowest BCUT2D eigenvalue weighted by molar-refractivity contribution is -0.154. The zero-order valence-electron chi connectivity index (χ0n) is 12.9. The molecule has 21 heavy (non-hydrogen) atoms. The first-order chi connectivity index (χ1) is 9.57. The van der Waals surface area contributed by atoms with Crippen LogP contribution in [0.25, 0.3) is 0 Å². The highest BCUT2D eigenvalue weighted by atomic mass is 16.5. The monoisotopic (exact) mass is 306 g/mol. The summed E-state index contributed by atoms with van der Waals surface area (Å²) in [4.78, 5) is 21.5. The Bertz CT molecular complexity index is 313. The van der Waals surface area contributed by atoms with Crippen LogP contribution in [0.1, 0.15) is 12.8 Å². The van der Waals surface area contributed by atoms with Crippen molar-refractivity contribution < 1.29 is 24.5 Å². The molecule has 0 saturated carbocycles. The molecule has 0 spiro atoms. The van der Waals surface area contributed by atoms with E-state index in [4.69, 9.17) is 26.6 Å². The van der Waals surface area contributed by atoms with Crippen LogP contribution in [0.15, 0.2) is 0 Å². The van der Waals surface area contributed by atoms with Gasteiger partial charge in [0.15, 0.2) is 0 Å². The molecule has 2 saturated heterocycles. The van der Waals surface area contributed by atoms with E-state index in [0.717, 1.165) is 0 Å². The van der Waals surface area contributed by atoms with Crippen LogP contribution >= 0.6 is 0 Å². The summed E-state index contributed by atoms with van der Waals surface area (Å²) >= 11 is 0. The minimum Gasteiger partial charge on any atom is -0.481 e. The maximum atomic E-state index is 10.8. The minimum atomic E-state index is -1.06. The summed E-state index contributed by atoms with van der Waals surface area (Å²) in [7, 11) is 7.11. The molecule has 2 heterocycles. The molecule has 0 aromatic carbocycles. The first-order valence-corrected chi connectivity index (χ1v) is 6.53. The van der Waals surface area contributed by atoms with Crippen molar-refractivity contribution in [3.63, 3.8) is 0 Å². The third kappa shape index (κ3) is 6.82. The average molecular weight is 306 g/mol. The van der Waals surface area contributed by atoms with Crippen molar-refractivity contribution in [2.75, 3.05) is 28.2 Å². The number of carbonyl (C=O) groups is 2. The molecule has 4 atom stereocenters. The third-order valence-electron chi connectivity index (χ3n) is 2.84. The molecule has 2 aliphatic heterocycles. The predicted octanol–water partition coefficient (Wildman–Crippen LogP) is -1.21. The van der Waals surface area contributed by atoms with Gasteiger partial charge in [-0.15, -0.1) is 0 Å². The number of aliphatic carboxylic acids is 2. The number of carboxylic acid groups (broad SMARTS) is 2. The Morgan fingerprint density at radius 1 is 0.905 bits per heavy atom. The Hall–Kier alpha value is -1.26. The molecule has 2 fully saturated rings. The molecule has 0 aliphatic carbocycles. The molecular weight excluding hydrogens is 280 g/mol. The number of carboxylic acids is 2. The molecule has 2 aliphatic rings. The maximum absolute atomic E-state index is 10.8. The van der Waals surface area contributed by atoms with E-state index >= 15 is 0 Å². The first kappa shape index (κ1) is 19.7. The van der Waals surface area contributed by atoms with Gasteiger partial charge in [0, 0.05) is 28.2 Å². The Kier molecular flexibility index (Phi) is 8.37. The summed E-state index contributed by atoms with van der Waals surface area (Å²) in [6.45, 7) is 0. The van der Waals surface area contributed by atoms with Gasteiger partial charge in [-0.3, -0.25) is 31.3 Å². The molecule has 6 N–H and O–H groups in total. The molecular formula is C12H26N4O5. The first-order valence-electron chi connectivity index (χ1n) is 6.53. The quantitative estimate of drug-likeness (QED) is 0.365. The van der Waals surface area contributed by atoms with Gasteiger partial charge < -0.3 is 14.9 Å². The van der Waals surface area contributed by atoms with Gasteiger partial charge in [0.1, 0.15) is 0 Å². The number of hydrogen-bond acceptors (Lipinski definition) is 7. The number of hydrogen-bond donors (Lipinski definition) is 4. The van der Waals surface area contributed by atoms with Gasteiger partial charge in [-0.25, -0.2) is 0 Å². The minimum absolute atomic E-state index is 0.386. The lowest BCUT2D eigenvalue weighted by Crippen LogP contribution is -2.38. The normalized spacial score (nSPS) is 29.5. The Labute approximate surface area is 124 Å². The van der Waals surface area contributed by atoms with E-state index in [1.807, 2.05) is 0 Å². The summed E-state index contributed by atoms with van der Waals surface area (Å²) in [6.07, 6.45) is 0.573. The zero-order chi connectivity index (χ0) is 16.7. The summed E-state index contributed by atoms with van der Waals surface area (Å²) in [5.41, 5.74) is 0. The lowest BCUT2D eigenvalue weighted by Gasteiger charge is -2.20. The van der Waals surface area contributed by atoms with Crippen LogP contribution in [-0.4, -0.2) is 72.6 Å². The number of nitrogens with zero attached hydrogens (tertiary/aromatic N) is 2. The van der Waals surface area contributed by atoms with Gasteiger partial charge >= 0.3 is 11.9 Å². The number of ether oxygens (including phenoxy) is 1. The van der Waals surface area contributed by atoms with Crippen molar-refractivity contribution in [3.05, 3.63) is 0 Å².